The molecule has 0 spiro atoms. The van der Waals surface area contributed by atoms with E-state index in [0.717, 1.165) is 37.0 Å². The molecule has 4 heteroatoms. The number of carbonyl (C=O) groups is 1. The van der Waals surface area contributed by atoms with Gasteiger partial charge in [-0.1, -0.05) is 0 Å². The van der Waals surface area contributed by atoms with Gasteiger partial charge >= 0.3 is 0 Å². The van der Waals surface area contributed by atoms with Crippen molar-refractivity contribution in [1.82, 2.24) is 9.88 Å². The maximum absolute atomic E-state index is 11.1. The molecule has 1 fully saturated rings. The van der Waals surface area contributed by atoms with Crippen LogP contribution < -0.4 is 0 Å². The minimum absolute atomic E-state index is 0.372. The third kappa shape index (κ3) is 2.45. The molecule has 4 nitrogen and oxygen atoms in total. The van der Waals surface area contributed by atoms with E-state index in [1.807, 2.05) is 13.8 Å². The molecule has 0 bridgehead atoms. The van der Waals surface area contributed by atoms with Crippen LogP contribution in [0.4, 0.5) is 0 Å². The number of rotatable bonds is 2. The molecule has 2 heterocycles. The van der Waals surface area contributed by atoms with Crippen molar-refractivity contribution in [3.8, 4) is 0 Å². The minimum atomic E-state index is 0.372. The van der Waals surface area contributed by atoms with E-state index >= 15 is 0 Å². The van der Waals surface area contributed by atoms with Crippen LogP contribution in [0.5, 0.6) is 0 Å². The molecular formula is C11H16N2O2. The lowest BCUT2D eigenvalue weighted by atomic mass is 10.1. The van der Waals surface area contributed by atoms with Gasteiger partial charge in [0.15, 0.2) is 5.89 Å². The van der Waals surface area contributed by atoms with E-state index in [0.29, 0.717) is 18.6 Å². The Labute approximate surface area is 89.3 Å². The van der Waals surface area contributed by atoms with Crippen LogP contribution >= 0.6 is 0 Å². The molecule has 0 aromatic carbocycles. The topological polar surface area (TPSA) is 46.3 Å². The molecule has 0 saturated carbocycles. The zero-order valence-electron chi connectivity index (χ0n) is 9.25. The van der Waals surface area contributed by atoms with E-state index < -0.39 is 0 Å². The highest BCUT2D eigenvalue weighted by Gasteiger charge is 2.18. The summed E-state index contributed by atoms with van der Waals surface area (Å²) in [5.41, 5.74) is 0.962. The fraction of sp³-hybridized carbons (Fsp3) is 0.636. The Kier molecular flexibility index (Phi) is 2.86. The predicted octanol–water partition coefficient (Wildman–Crippen LogP) is 1.46. The summed E-state index contributed by atoms with van der Waals surface area (Å²) in [6.07, 6.45) is 1.35. The number of Topliss-reactive ketones (excluding diaryl/α,β-unsaturated/α-hetero) is 1. The Hall–Kier alpha value is -1.16. The number of hydrogen-bond donors (Lipinski definition) is 0. The van der Waals surface area contributed by atoms with Gasteiger partial charge in [-0.25, -0.2) is 4.98 Å². The van der Waals surface area contributed by atoms with Crippen LogP contribution in [-0.2, 0) is 11.3 Å². The normalized spacial score (nSPS) is 18.4. The number of nitrogens with zero attached hydrogens (tertiary/aromatic N) is 2. The van der Waals surface area contributed by atoms with Crippen LogP contribution in [0, 0.1) is 13.8 Å². The minimum Gasteiger partial charge on any atom is -0.444 e. The second-order valence-corrected chi connectivity index (χ2v) is 4.06. The molecule has 0 aliphatic carbocycles. The van der Waals surface area contributed by atoms with Crippen LogP contribution in [0.3, 0.4) is 0 Å². The van der Waals surface area contributed by atoms with Crippen molar-refractivity contribution in [3.05, 3.63) is 17.3 Å². The monoisotopic (exact) mass is 208 g/mol. The van der Waals surface area contributed by atoms with Gasteiger partial charge in [-0.05, 0) is 6.92 Å². The zero-order valence-corrected chi connectivity index (χ0v) is 9.25. The Balaban J connectivity index is 1.97. The fourth-order valence-electron chi connectivity index (χ4n) is 1.88. The molecule has 1 aromatic heterocycles. The van der Waals surface area contributed by atoms with E-state index in [1.165, 1.54) is 0 Å². The maximum atomic E-state index is 11.1. The molecule has 82 valence electrons. The number of carbonyl (C=O) groups excluding carboxylic acids is 1. The number of oxazole rings is 1. The third-order valence-electron chi connectivity index (χ3n) is 2.78. The number of likely N-dealkylation sites (tertiary alicyclic amines) is 1. The van der Waals surface area contributed by atoms with E-state index in [4.69, 9.17) is 4.42 Å². The molecule has 0 N–H and O–H groups in total. The SMILES string of the molecule is Cc1nc(C)c(CN2CCC(=O)CC2)o1. The second kappa shape index (κ2) is 4.14. The molecule has 15 heavy (non-hydrogen) atoms. The maximum Gasteiger partial charge on any atom is 0.191 e. The van der Waals surface area contributed by atoms with Crippen LogP contribution in [-0.4, -0.2) is 28.8 Å². The summed E-state index contributed by atoms with van der Waals surface area (Å²) in [6, 6.07) is 0. The van der Waals surface area contributed by atoms with Gasteiger partial charge in [0.25, 0.3) is 0 Å². The van der Waals surface area contributed by atoms with Crippen molar-refractivity contribution in [2.75, 3.05) is 13.1 Å². The molecule has 0 atom stereocenters. The fourth-order valence-corrected chi connectivity index (χ4v) is 1.88. The van der Waals surface area contributed by atoms with Crippen LogP contribution in [0.25, 0.3) is 0 Å². The summed E-state index contributed by atoms with van der Waals surface area (Å²) in [4.78, 5) is 17.5. The summed E-state index contributed by atoms with van der Waals surface area (Å²) in [6.45, 7) is 6.28. The van der Waals surface area contributed by atoms with Crippen molar-refractivity contribution in [3.63, 3.8) is 0 Å². The molecule has 0 amide bonds. The van der Waals surface area contributed by atoms with Crippen molar-refractivity contribution in [2.45, 2.75) is 33.2 Å². The summed E-state index contributed by atoms with van der Waals surface area (Å²) in [5, 5.41) is 0. The highest BCUT2D eigenvalue weighted by molar-refractivity contribution is 5.79. The van der Waals surface area contributed by atoms with Gasteiger partial charge < -0.3 is 4.42 Å². The molecular weight excluding hydrogens is 192 g/mol. The van der Waals surface area contributed by atoms with Gasteiger partial charge in [0.2, 0.25) is 0 Å². The Bertz CT molecular complexity index is 361. The lowest BCUT2D eigenvalue weighted by Crippen LogP contribution is -2.33. The van der Waals surface area contributed by atoms with E-state index in [2.05, 4.69) is 9.88 Å². The van der Waals surface area contributed by atoms with Crippen molar-refractivity contribution >= 4 is 5.78 Å². The summed E-state index contributed by atoms with van der Waals surface area (Å²) < 4.78 is 5.51. The van der Waals surface area contributed by atoms with Gasteiger partial charge in [0.05, 0.1) is 12.2 Å². The highest BCUT2D eigenvalue weighted by Crippen LogP contribution is 2.15. The van der Waals surface area contributed by atoms with Crippen LogP contribution in [0.1, 0.15) is 30.2 Å². The molecule has 0 radical (unpaired) electrons. The first-order valence-corrected chi connectivity index (χ1v) is 5.32. The average Bonchev–Trinajstić information content (AvgIpc) is 2.49. The number of aryl methyl sites for hydroxylation is 2. The number of ketones is 1. The zero-order chi connectivity index (χ0) is 10.8. The highest BCUT2D eigenvalue weighted by atomic mass is 16.4. The quantitative estimate of drug-likeness (QED) is 0.738. The number of hydrogen-bond acceptors (Lipinski definition) is 4. The average molecular weight is 208 g/mol. The largest absolute Gasteiger partial charge is 0.444 e. The Morgan fingerprint density at radius 1 is 1.33 bits per heavy atom. The molecule has 1 aliphatic rings. The first kappa shape index (κ1) is 10.4. The summed E-state index contributed by atoms with van der Waals surface area (Å²) in [5.74, 6) is 2.02. The predicted molar refractivity (Wildman–Crippen MR) is 55.5 cm³/mol. The molecule has 0 unspecified atom stereocenters. The first-order valence-electron chi connectivity index (χ1n) is 5.32. The van der Waals surface area contributed by atoms with Crippen molar-refractivity contribution < 1.29 is 9.21 Å². The smallest absolute Gasteiger partial charge is 0.191 e. The van der Waals surface area contributed by atoms with Gasteiger partial charge in [-0.15, -0.1) is 0 Å². The standard InChI is InChI=1S/C11H16N2O2/c1-8-11(15-9(2)12-8)7-13-5-3-10(14)4-6-13/h3-7H2,1-2H3. The van der Waals surface area contributed by atoms with Gasteiger partial charge in [0, 0.05) is 32.9 Å². The van der Waals surface area contributed by atoms with Crippen LogP contribution in [0.15, 0.2) is 4.42 Å². The summed E-state index contributed by atoms with van der Waals surface area (Å²) >= 11 is 0. The van der Waals surface area contributed by atoms with E-state index in [-0.39, 0.29) is 0 Å². The molecule has 1 aliphatic heterocycles. The number of piperidine rings is 1. The molecule has 1 saturated heterocycles. The van der Waals surface area contributed by atoms with Crippen LogP contribution in [0.2, 0.25) is 0 Å². The van der Waals surface area contributed by atoms with E-state index in [9.17, 15) is 4.79 Å². The number of aromatic nitrogens is 1. The second-order valence-electron chi connectivity index (χ2n) is 4.06. The van der Waals surface area contributed by atoms with Gasteiger partial charge in [0.1, 0.15) is 11.5 Å². The van der Waals surface area contributed by atoms with Crippen molar-refractivity contribution in [2.24, 2.45) is 0 Å². The third-order valence-corrected chi connectivity index (χ3v) is 2.78. The van der Waals surface area contributed by atoms with Gasteiger partial charge in [-0.2, -0.15) is 0 Å². The van der Waals surface area contributed by atoms with Gasteiger partial charge in [-0.3, -0.25) is 9.69 Å². The summed E-state index contributed by atoms with van der Waals surface area (Å²) in [7, 11) is 0. The Morgan fingerprint density at radius 2 is 2.00 bits per heavy atom. The lowest BCUT2D eigenvalue weighted by molar-refractivity contribution is -0.121. The lowest BCUT2D eigenvalue weighted by Gasteiger charge is -2.24. The molecule has 2 rings (SSSR count). The Morgan fingerprint density at radius 3 is 2.53 bits per heavy atom. The first-order chi connectivity index (χ1) is 7.15. The van der Waals surface area contributed by atoms with Crippen molar-refractivity contribution in [1.29, 1.82) is 0 Å². The molecule has 1 aromatic rings. The van der Waals surface area contributed by atoms with E-state index in [1.54, 1.807) is 0 Å².